The lowest BCUT2D eigenvalue weighted by atomic mass is 10.1. The van der Waals surface area contributed by atoms with E-state index >= 15 is 0 Å². The first-order valence-corrected chi connectivity index (χ1v) is 11.6. The van der Waals surface area contributed by atoms with Crippen LogP contribution >= 0.6 is 0 Å². The van der Waals surface area contributed by atoms with Crippen molar-refractivity contribution in [3.05, 3.63) is 47.0 Å². The predicted molar refractivity (Wildman–Crippen MR) is 126 cm³/mol. The molecule has 0 saturated carbocycles. The Labute approximate surface area is 202 Å². The first-order chi connectivity index (χ1) is 16.9. The van der Waals surface area contributed by atoms with Crippen LogP contribution in [-0.4, -0.2) is 70.5 Å². The molecule has 0 fully saturated rings. The lowest BCUT2D eigenvalue weighted by Crippen LogP contribution is -2.36. The number of fused-ring (bicyclic) bond motifs is 2. The van der Waals surface area contributed by atoms with Gasteiger partial charge in [-0.05, 0) is 44.9 Å². The molecule has 184 valence electrons. The van der Waals surface area contributed by atoms with E-state index in [9.17, 15) is 14.4 Å². The summed E-state index contributed by atoms with van der Waals surface area (Å²) in [5.41, 5.74) is 2.19. The number of rotatable bonds is 1. The topological polar surface area (TPSA) is 140 Å². The van der Waals surface area contributed by atoms with Crippen molar-refractivity contribution in [2.45, 2.75) is 33.1 Å². The second-order valence-corrected chi connectivity index (χ2v) is 8.31. The van der Waals surface area contributed by atoms with Crippen LogP contribution in [0.4, 0.5) is 0 Å². The van der Waals surface area contributed by atoms with E-state index in [1.807, 2.05) is 0 Å². The van der Waals surface area contributed by atoms with Crippen molar-refractivity contribution >= 4 is 28.8 Å². The molecule has 0 spiro atoms. The van der Waals surface area contributed by atoms with Crippen LogP contribution in [0, 0.1) is 13.8 Å². The van der Waals surface area contributed by atoms with Gasteiger partial charge >= 0.3 is 0 Å². The lowest BCUT2D eigenvalue weighted by Gasteiger charge is -2.23. The molecule has 3 aromatic rings. The fraction of sp³-hybridized carbons (Fsp3) is 0.417. The van der Waals surface area contributed by atoms with Crippen LogP contribution in [0.5, 0.6) is 5.75 Å². The monoisotopic (exact) mass is 480 g/mol. The summed E-state index contributed by atoms with van der Waals surface area (Å²) in [6.07, 6.45) is 2.80. The molecule has 35 heavy (non-hydrogen) atoms. The highest BCUT2D eigenvalue weighted by Gasteiger charge is 2.23. The Bertz CT molecular complexity index is 1240. The Morgan fingerprint density at radius 3 is 2.80 bits per heavy atom. The zero-order chi connectivity index (χ0) is 24.8. The summed E-state index contributed by atoms with van der Waals surface area (Å²) in [6.45, 7) is 5.17. The number of hydrogen-bond donors (Lipinski definition) is 2. The fourth-order valence-corrected chi connectivity index (χ4v) is 3.97. The molecule has 0 bridgehead atoms. The maximum absolute atomic E-state index is 13.6. The summed E-state index contributed by atoms with van der Waals surface area (Å²) in [5, 5.41) is 10.2. The highest BCUT2D eigenvalue weighted by Crippen LogP contribution is 2.23. The van der Waals surface area contributed by atoms with Gasteiger partial charge in [-0.2, -0.15) is 0 Å². The molecule has 3 aromatic heterocycles. The van der Waals surface area contributed by atoms with Gasteiger partial charge in [0.25, 0.3) is 17.5 Å². The quantitative estimate of drug-likeness (QED) is 0.537. The van der Waals surface area contributed by atoms with Crippen molar-refractivity contribution in [1.29, 1.82) is 0 Å². The zero-order valence-corrected chi connectivity index (χ0v) is 19.8. The maximum atomic E-state index is 13.6. The molecule has 4 rings (SSSR count). The molecule has 0 saturated heterocycles. The van der Waals surface area contributed by atoms with Gasteiger partial charge in [0, 0.05) is 37.9 Å². The third-order valence-corrected chi connectivity index (χ3v) is 5.65. The summed E-state index contributed by atoms with van der Waals surface area (Å²) < 4.78 is 10.9. The van der Waals surface area contributed by atoms with Crippen molar-refractivity contribution in [2.75, 3.05) is 32.8 Å². The molecule has 11 heteroatoms. The third kappa shape index (κ3) is 5.73. The van der Waals surface area contributed by atoms with E-state index in [2.05, 4.69) is 25.8 Å². The van der Waals surface area contributed by atoms with E-state index in [0.29, 0.717) is 72.8 Å². The van der Waals surface area contributed by atoms with Gasteiger partial charge in [-0.15, -0.1) is 0 Å². The maximum Gasteiger partial charge on any atom is 0.273 e. The molecule has 0 aliphatic carbocycles. The van der Waals surface area contributed by atoms with Gasteiger partial charge in [-0.3, -0.25) is 14.4 Å². The predicted octanol–water partition coefficient (Wildman–Crippen LogP) is 1.79. The van der Waals surface area contributed by atoms with Crippen LogP contribution in [0.3, 0.4) is 0 Å². The van der Waals surface area contributed by atoms with E-state index in [1.54, 1.807) is 36.9 Å². The molecule has 0 aromatic carbocycles. The van der Waals surface area contributed by atoms with Gasteiger partial charge in [0.1, 0.15) is 6.61 Å². The van der Waals surface area contributed by atoms with Gasteiger partial charge < -0.3 is 24.8 Å². The van der Waals surface area contributed by atoms with Crippen molar-refractivity contribution in [3.63, 3.8) is 0 Å². The summed E-state index contributed by atoms with van der Waals surface area (Å²) >= 11 is 0. The van der Waals surface area contributed by atoms with E-state index < -0.39 is 0 Å². The smallest absolute Gasteiger partial charge is 0.273 e. The standard InChI is InChI=1S/C24H28N6O5/c1-15-14-17(20-16(2)29-35-23(20)28-15)24(33)30-11-4-7-19(31)25-10-13-34-18-6-3-8-26-21(18)22(32)27-9-5-12-30/h3,6,8,14H,4-5,7,9-13H2,1-2H3,(H,25,31)(H,27,32). The van der Waals surface area contributed by atoms with Crippen molar-refractivity contribution in [2.24, 2.45) is 0 Å². The minimum Gasteiger partial charge on any atom is -0.489 e. The molecule has 1 aliphatic heterocycles. The zero-order valence-electron chi connectivity index (χ0n) is 19.8. The van der Waals surface area contributed by atoms with E-state index in [4.69, 9.17) is 9.26 Å². The molecule has 0 radical (unpaired) electrons. The molecular formula is C24H28N6O5. The highest BCUT2D eigenvalue weighted by atomic mass is 16.5. The number of ether oxygens (including phenoxy) is 1. The van der Waals surface area contributed by atoms with E-state index in [1.165, 1.54) is 6.20 Å². The number of aryl methyl sites for hydroxylation is 2. The number of hydrogen-bond acceptors (Lipinski definition) is 8. The molecule has 3 amide bonds. The van der Waals surface area contributed by atoms with Gasteiger partial charge in [0.05, 0.1) is 23.2 Å². The average molecular weight is 481 g/mol. The van der Waals surface area contributed by atoms with Gasteiger partial charge in [-0.25, -0.2) is 9.97 Å². The van der Waals surface area contributed by atoms with Crippen LogP contribution in [0.25, 0.3) is 11.1 Å². The summed E-state index contributed by atoms with van der Waals surface area (Å²) in [7, 11) is 0. The fourth-order valence-electron chi connectivity index (χ4n) is 3.97. The van der Waals surface area contributed by atoms with Crippen molar-refractivity contribution in [3.8, 4) is 5.75 Å². The summed E-state index contributed by atoms with van der Waals surface area (Å²) in [5.74, 6) is -0.334. The number of carbonyl (C=O) groups is 3. The molecule has 11 nitrogen and oxygen atoms in total. The van der Waals surface area contributed by atoms with Crippen LogP contribution in [0.1, 0.15) is 51.5 Å². The Morgan fingerprint density at radius 1 is 1.11 bits per heavy atom. The molecule has 1 aliphatic rings. The van der Waals surface area contributed by atoms with E-state index in [0.717, 1.165) is 0 Å². The Morgan fingerprint density at radius 2 is 1.94 bits per heavy atom. The van der Waals surface area contributed by atoms with Crippen molar-refractivity contribution < 1.29 is 23.6 Å². The normalized spacial score (nSPS) is 16.2. The third-order valence-electron chi connectivity index (χ3n) is 5.65. The lowest BCUT2D eigenvalue weighted by molar-refractivity contribution is -0.121. The minimum absolute atomic E-state index is 0.130. The van der Waals surface area contributed by atoms with Crippen molar-refractivity contribution in [1.82, 2.24) is 30.7 Å². The molecule has 2 N–H and O–H groups in total. The molecule has 0 unspecified atom stereocenters. The Kier molecular flexibility index (Phi) is 7.54. The Balaban J connectivity index is 1.54. The Hall–Kier alpha value is -4.02. The first kappa shape index (κ1) is 24.1. The van der Waals surface area contributed by atoms with Crippen LogP contribution in [0.15, 0.2) is 28.9 Å². The summed E-state index contributed by atoms with van der Waals surface area (Å²) in [6, 6.07) is 5.07. The van der Waals surface area contributed by atoms with Gasteiger partial charge in [-0.1, -0.05) is 5.16 Å². The second-order valence-electron chi connectivity index (χ2n) is 8.31. The van der Waals surface area contributed by atoms with Gasteiger partial charge in [0.2, 0.25) is 5.91 Å². The van der Waals surface area contributed by atoms with Crippen LogP contribution < -0.4 is 15.4 Å². The number of pyridine rings is 2. The molecular weight excluding hydrogens is 452 g/mol. The number of amides is 3. The minimum atomic E-state index is -0.360. The number of aromatic nitrogens is 3. The number of nitrogens with zero attached hydrogens (tertiary/aromatic N) is 4. The molecule has 0 atom stereocenters. The first-order valence-electron chi connectivity index (χ1n) is 11.6. The van der Waals surface area contributed by atoms with E-state index in [-0.39, 0.29) is 36.4 Å². The van der Waals surface area contributed by atoms with Gasteiger partial charge in [0.15, 0.2) is 11.4 Å². The number of nitrogens with one attached hydrogen (secondary N) is 2. The SMILES string of the molecule is Cc1cc(C(=O)N2CCCNC(=O)c3ncccc3OCCNC(=O)CCC2)c2c(C)noc2n1. The molecule has 4 heterocycles. The largest absolute Gasteiger partial charge is 0.489 e. The van der Waals surface area contributed by atoms with Crippen LogP contribution in [-0.2, 0) is 4.79 Å². The number of carbonyl (C=O) groups excluding carboxylic acids is 3. The average Bonchev–Trinajstić information content (AvgIpc) is 3.22. The van der Waals surface area contributed by atoms with Crippen LogP contribution in [0.2, 0.25) is 0 Å². The summed E-state index contributed by atoms with van der Waals surface area (Å²) in [4.78, 5) is 48.7. The highest BCUT2D eigenvalue weighted by molar-refractivity contribution is 6.06. The second kappa shape index (κ2) is 10.9.